The summed E-state index contributed by atoms with van der Waals surface area (Å²) in [5.74, 6) is 0. The van der Waals surface area contributed by atoms with Crippen LogP contribution in [-0.4, -0.2) is 44.8 Å². The molecule has 1 aliphatic rings. The number of aliphatic hydroxyl groups excluding tert-OH is 1. The molecule has 5 heteroatoms. The number of amides is 1. The Labute approximate surface area is 104 Å². The molecule has 0 saturated carbocycles. The summed E-state index contributed by atoms with van der Waals surface area (Å²) in [6.45, 7) is 6.56. The summed E-state index contributed by atoms with van der Waals surface area (Å²) < 4.78 is 5.47. The fourth-order valence-corrected chi connectivity index (χ4v) is 1.90. The van der Waals surface area contributed by atoms with Gasteiger partial charge >= 0.3 is 6.09 Å². The number of carbonyl (C=O) groups excluding carboxylic acids is 1. The molecule has 1 aliphatic heterocycles. The third-order valence-electron chi connectivity index (χ3n) is 2.15. The molecule has 0 spiro atoms. The molecule has 15 heavy (non-hydrogen) atoms. The van der Waals surface area contributed by atoms with Crippen LogP contribution < -0.4 is 0 Å². The number of alkyl halides is 1. The first-order valence-electron chi connectivity index (χ1n) is 5.09. The first-order valence-corrected chi connectivity index (χ1v) is 6.34. The zero-order valence-corrected chi connectivity index (χ0v) is 11.5. The third-order valence-corrected chi connectivity index (χ3v) is 3.60. The van der Waals surface area contributed by atoms with E-state index in [0.29, 0.717) is 13.1 Å². The van der Waals surface area contributed by atoms with Gasteiger partial charge in [0.1, 0.15) is 5.60 Å². The van der Waals surface area contributed by atoms with Crippen molar-refractivity contribution in [3.05, 3.63) is 0 Å². The van der Waals surface area contributed by atoms with Crippen molar-refractivity contribution in [1.29, 1.82) is 0 Å². The Hall–Kier alpha value is -0.0400. The summed E-state index contributed by atoms with van der Waals surface area (Å²) >= 11 is 2.22. The average Bonchev–Trinajstić information content (AvgIpc) is 2.06. The first-order chi connectivity index (χ1) is 6.79. The predicted molar refractivity (Wildman–Crippen MR) is 66.2 cm³/mol. The molecule has 1 heterocycles. The monoisotopic (exact) mass is 327 g/mol. The number of nitrogens with zero attached hydrogens (tertiary/aromatic N) is 1. The second-order valence-electron chi connectivity index (χ2n) is 4.80. The summed E-state index contributed by atoms with van der Waals surface area (Å²) in [5.41, 5.74) is -0.469. The number of hydrogen-bond acceptors (Lipinski definition) is 3. The van der Waals surface area contributed by atoms with Crippen molar-refractivity contribution in [2.24, 2.45) is 0 Å². The minimum Gasteiger partial charge on any atom is -0.444 e. The Bertz CT molecular complexity index is 239. The lowest BCUT2D eigenvalue weighted by Gasteiger charge is -2.34. The molecule has 1 saturated heterocycles. The van der Waals surface area contributed by atoms with Gasteiger partial charge in [-0.05, 0) is 27.2 Å². The number of hydrogen-bond donors (Lipinski definition) is 1. The van der Waals surface area contributed by atoms with E-state index in [4.69, 9.17) is 4.74 Å². The molecule has 0 aromatic rings. The van der Waals surface area contributed by atoms with Crippen LogP contribution in [0.25, 0.3) is 0 Å². The van der Waals surface area contributed by atoms with Crippen molar-refractivity contribution >= 4 is 28.7 Å². The minimum atomic E-state index is -0.469. The quantitative estimate of drug-likeness (QED) is 0.545. The van der Waals surface area contributed by atoms with Crippen LogP contribution >= 0.6 is 22.6 Å². The van der Waals surface area contributed by atoms with Crippen LogP contribution in [0.15, 0.2) is 0 Å². The van der Waals surface area contributed by atoms with Crippen LogP contribution in [0.2, 0.25) is 0 Å². The van der Waals surface area contributed by atoms with Gasteiger partial charge in [-0.2, -0.15) is 0 Å². The third kappa shape index (κ3) is 4.14. The molecule has 1 rings (SSSR count). The molecule has 88 valence electrons. The molecule has 1 fully saturated rings. The number of ether oxygens (including phenoxy) is 1. The van der Waals surface area contributed by atoms with E-state index in [1.165, 1.54) is 0 Å². The maximum atomic E-state index is 11.7. The maximum Gasteiger partial charge on any atom is 0.410 e. The highest BCUT2D eigenvalue weighted by atomic mass is 127. The highest BCUT2D eigenvalue weighted by Crippen LogP contribution is 2.20. The highest BCUT2D eigenvalue weighted by Gasteiger charge is 2.30. The van der Waals surface area contributed by atoms with E-state index in [1.54, 1.807) is 4.90 Å². The molecular weight excluding hydrogens is 309 g/mol. The Balaban J connectivity index is 2.48. The fraction of sp³-hybridized carbons (Fsp3) is 0.900. The van der Waals surface area contributed by atoms with Gasteiger partial charge in [0.15, 0.2) is 0 Å². The van der Waals surface area contributed by atoms with Gasteiger partial charge < -0.3 is 14.7 Å². The van der Waals surface area contributed by atoms with E-state index in [0.717, 1.165) is 6.42 Å². The van der Waals surface area contributed by atoms with Gasteiger partial charge in [-0.1, -0.05) is 22.6 Å². The zero-order valence-electron chi connectivity index (χ0n) is 9.36. The van der Waals surface area contributed by atoms with E-state index in [1.807, 2.05) is 20.8 Å². The lowest BCUT2D eigenvalue weighted by molar-refractivity contribution is 0.00636. The summed E-state index contributed by atoms with van der Waals surface area (Å²) in [4.78, 5) is 13.2. The van der Waals surface area contributed by atoms with Gasteiger partial charge in [0.05, 0.1) is 12.6 Å². The molecule has 0 aromatic heterocycles. The summed E-state index contributed by atoms with van der Waals surface area (Å²) in [6, 6.07) is 0. The number of aliphatic hydroxyl groups is 1. The number of likely N-dealkylation sites (tertiary alicyclic amines) is 1. The summed E-state index contributed by atoms with van der Waals surface area (Å²) in [5, 5.41) is 9.64. The van der Waals surface area contributed by atoms with Crippen LogP contribution in [0.5, 0.6) is 0 Å². The summed E-state index contributed by atoms with van der Waals surface area (Å²) in [7, 11) is 0. The van der Waals surface area contributed by atoms with E-state index < -0.39 is 11.7 Å². The molecule has 0 aliphatic carbocycles. The normalized spacial score (nSPS) is 27.7. The van der Waals surface area contributed by atoms with Crippen LogP contribution in [0.3, 0.4) is 0 Å². The Morgan fingerprint density at radius 3 is 2.60 bits per heavy atom. The van der Waals surface area contributed by atoms with Crippen molar-refractivity contribution in [1.82, 2.24) is 4.90 Å². The minimum absolute atomic E-state index is 0.237. The van der Waals surface area contributed by atoms with Gasteiger partial charge in [0.2, 0.25) is 0 Å². The molecular formula is C10H18INO3. The van der Waals surface area contributed by atoms with Gasteiger partial charge in [-0.3, -0.25) is 0 Å². The van der Waals surface area contributed by atoms with Gasteiger partial charge in [-0.15, -0.1) is 0 Å². The molecule has 1 amide bonds. The van der Waals surface area contributed by atoms with E-state index in [9.17, 15) is 9.90 Å². The number of halogens is 1. The largest absolute Gasteiger partial charge is 0.444 e. The highest BCUT2D eigenvalue weighted by molar-refractivity contribution is 14.1. The molecule has 0 radical (unpaired) electrons. The Morgan fingerprint density at radius 1 is 1.53 bits per heavy atom. The lowest BCUT2D eigenvalue weighted by atomic mass is 10.1. The van der Waals surface area contributed by atoms with Crippen molar-refractivity contribution < 1.29 is 14.6 Å². The zero-order chi connectivity index (χ0) is 11.6. The van der Waals surface area contributed by atoms with E-state index >= 15 is 0 Å². The van der Waals surface area contributed by atoms with Crippen LogP contribution in [0, 0.1) is 0 Å². The predicted octanol–water partition coefficient (Wildman–Crippen LogP) is 1.79. The second-order valence-corrected chi connectivity index (χ2v) is 6.40. The molecule has 0 bridgehead atoms. The second kappa shape index (κ2) is 4.86. The van der Waals surface area contributed by atoms with E-state index in [-0.39, 0.29) is 10.0 Å². The number of piperidine rings is 1. The molecule has 4 nitrogen and oxygen atoms in total. The fourth-order valence-electron chi connectivity index (χ4n) is 1.40. The van der Waals surface area contributed by atoms with Crippen LogP contribution in [0.1, 0.15) is 27.2 Å². The Morgan fingerprint density at radius 2 is 2.13 bits per heavy atom. The lowest BCUT2D eigenvalue weighted by Crippen LogP contribution is -2.48. The van der Waals surface area contributed by atoms with Gasteiger partial charge in [-0.25, -0.2) is 4.79 Å². The maximum absolute atomic E-state index is 11.7. The molecule has 0 aromatic carbocycles. The van der Waals surface area contributed by atoms with Crippen molar-refractivity contribution in [2.75, 3.05) is 13.1 Å². The molecule has 2 unspecified atom stereocenters. The van der Waals surface area contributed by atoms with Crippen LogP contribution in [-0.2, 0) is 4.74 Å². The van der Waals surface area contributed by atoms with Crippen molar-refractivity contribution in [3.63, 3.8) is 0 Å². The Kier molecular flexibility index (Phi) is 4.22. The average molecular weight is 327 g/mol. The van der Waals surface area contributed by atoms with Gasteiger partial charge in [0, 0.05) is 10.5 Å². The van der Waals surface area contributed by atoms with Crippen molar-refractivity contribution in [2.45, 2.75) is 42.8 Å². The van der Waals surface area contributed by atoms with Crippen LogP contribution in [0.4, 0.5) is 4.79 Å². The van der Waals surface area contributed by atoms with Gasteiger partial charge in [0.25, 0.3) is 0 Å². The summed E-state index contributed by atoms with van der Waals surface area (Å²) in [6.07, 6.45) is 0.0535. The number of carbonyl (C=O) groups is 1. The molecule has 2 atom stereocenters. The van der Waals surface area contributed by atoms with E-state index in [2.05, 4.69) is 22.6 Å². The first kappa shape index (κ1) is 13.0. The van der Waals surface area contributed by atoms with Crippen molar-refractivity contribution in [3.8, 4) is 0 Å². The smallest absolute Gasteiger partial charge is 0.410 e. The number of rotatable bonds is 0. The topological polar surface area (TPSA) is 49.8 Å². The number of β-amino-alcohol motifs (C(OH)–C–C–N with tert-alkyl or cyclic N) is 1. The molecule has 1 N–H and O–H groups in total. The standard InChI is InChI=1S/C10H18INO3/c1-10(2,3)15-9(14)12-5-4-7(11)8(13)6-12/h7-8,13H,4-6H2,1-3H3. The SMILES string of the molecule is CC(C)(C)OC(=O)N1CCC(I)C(O)C1.